The normalized spacial score (nSPS) is 11.2. The Morgan fingerprint density at radius 3 is 2.69 bits per heavy atom. The van der Waals surface area contributed by atoms with E-state index in [-0.39, 0.29) is 12.6 Å². The van der Waals surface area contributed by atoms with Gasteiger partial charge in [0.15, 0.2) is 0 Å². The van der Waals surface area contributed by atoms with Crippen LogP contribution in [0.2, 0.25) is 0 Å². The second kappa shape index (κ2) is 6.42. The molecule has 0 radical (unpaired) electrons. The maximum Gasteiger partial charge on any atom is 0.339 e. The summed E-state index contributed by atoms with van der Waals surface area (Å²) in [6.45, 7) is 3.87. The molecule has 130 valence electrons. The fraction of sp³-hybridized carbons (Fsp3) is 0.143. The number of esters is 1. The van der Waals surface area contributed by atoms with Crippen molar-refractivity contribution in [2.24, 2.45) is 0 Å². The van der Waals surface area contributed by atoms with Gasteiger partial charge in [-0.1, -0.05) is 30.3 Å². The van der Waals surface area contributed by atoms with Crippen molar-refractivity contribution >= 4 is 39.0 Å². The van der Waals surface area contributed by atoms with E-state index in [4.69, 9.17) is 9.15 Å². The van der Waals surface area contributed by atoms with Gasteiger partial charge in [0.25, 0.3) is 0 Å². The van der Waals surface area contributed by atoms with E-state index in [0.717, 1.165) is 25.9 Å². The SMILES string of the molecule is Cc1cc(C(=O)OCc2cc(=O)oc3ccc4ccccc4c23)c(C)s1. The second-order valence-electron chi connectivity index (χ2n) is 6.15. The number of carbonyl (C=O) groups excluding carboxylic acids is 1. The molecule has 2 heterocycles. The van der Waals surface area contributed by atoms with Crippen LogP contribution in [0.4, 0.5) is 0 Å². The number of hydrogen-bond acceptors (Lipinski definition) is 5. The molecule has 0 aliphatic carbocycles. The average molecular weight is 364 g/mol. The van der Waals surface area contributed by atoms with Gasteiger partial charge in [0, 0.05) is 26.8 Å². The second-order valence-corrected chi connectivity index (χ2v) is 7.61. The van der Waals surface area contributed by atoms with E-state index >= 15 is 0 Å². The predicted octanol–water partition coefficient (Wildman–Crippen LogP) is 4.98. The first kappa shape index (κ1) is 16.5. The summed E-state index contributed by atoms with van der Waals surface area (Å²) in [7, 11) is 0. The molecule has 0 saturated carbocycles. The summed E-state index contributed by atoms with van der Waals surface area (Å²) in [5.41, 5.74) is 1.25. The highest BCUT2D eigenvalue weighted by Gasteiger charge is 2.16. The van der Waals surface area contributed by atoms with Crippen molar-refractivity contribution in [1.82, 2.24) is 0 Å². The van der Waals surface area contributed by atoms with Gasteiger partial charge in [0.05, 0.1) is 5.56 Å². The molecule has 0 atom stereocenters. The average Bonchev–Trinajstić information content (AvgIpc) is 2.97. The first-order valence-electron chi connectivity index (χ1n) is 8.21. The summed E-state index contributed by atoms with van der Waals surface area (Å²) in [5, 5.41) is 2.79. The standard InChI is InChI=1S/C21H16O4S/c1-12-9-17(13(2)26-12)21(23)24-11-15-10-19(22)25-18-8-7-14-5-3-4-6-16(14)20(15)18/h3-10H,11H2,1-2H3. The van der Waals surface area contributed by atoms with Crippen LogP contribution in [0.3, 0.4) is 0 Å². The highest BCUT2D eigenvalue weighted by molar-refractivity contribution is 7.12. The number of thiophene rings is 1. The lowest BCUT2D eigenvalue weighted by Gasteiger charge is -2.09. The van der Waals surface area contributed by atoms with E-state index in [2.05, 4.69) is 0 Å². The quantitative estimate of drug-likeness (QED) is 0.292. The zero-order chi connectivity index (χ0) is 18.3. The zero-order valence-corrected chi connectivity index (χ0v) is 15.2. The van der Waals surface area contributed by atoms with E-state index in [1.807, 2.05) is 50.2 Å². The van der Waals surface area contributed by atoms with Crippen LogP contribution in [0, 0.1) is 13.8 Å². The molecule has 4 aromatic rings. The van der Waals surface area contributed by atoms with Gasteiger partial charge >= 0.3 is 11.6 Å². The van der Waals surface area contributed by atoms with Gasteiger partial charge in [-0.25, -0.2) is 9.59 Å². The molecule has 0 aliphatic rings. The van der Waals surface area contributed by atoms with Gasteiger partial charge in [-0.05, 0) is 36.8 Å². The van der Waals surface area contributed by atoms with Crippen molar-refractivity contribution in [2.45, 2.75) is 20.5 Å². The minimum Gasteiger partial charge on any atom is -0.457 e. The lowest BCUT2D eigenvalue weighted by molar-refractivity contribution is 0.0473. The molecule has 4 nitrogen and oxygen atoms in total. The molecule has 0 aliphatic heterocycles. The lowest BCUT2D eigenvalue weighted by atomic mass is 10.0. The van der Waals surface area contributed by atoms with E-state index in [0.29, 0.717) is 16.7 Å². The minimum absolute atomic E-state index is 0.0171. The van der Waals surface area contributed by atoms with E-state index in [1.165, 1.54) is 6.07 Å². The third-order valence-corrected chi connectivity index (χ3v) is 5.30. The van der Waals surface area contributed by atoms with Gasteiger partial charge in [-0.15, -0.1) is 11.3 Å². The molecule has 0 bridgehead atoms. The number of benzene rings is 2. The molecular formula is C21H16O4S. The van der Waals surface area contributed by atoms with E-state index in [9.17, 15) is 9.59 Å². The van der Waals surface area contributed by atoms with Crippen molar-refractivity contribution in [2.75, 3.05) is 0 Å². The molecule has 0 amide bonds. The fourth-order valence-electron chi connectivity index (χ4n) is 3.19. The monoisotopic (exact) mass is 364 g/mol. The van der Waals surface area contributed by atoms with Crippen LogP contribution in [0.15, 0.2) is 57.7 Å². The molecule has 0 saturated heterocycles. The lowest BCUT2D eigenvalue weighted by Crippen LogP contribution is -2.08. The first-order valence-corrected chi connectivity index (χ1v) is 9.03. The molecule has 0 unspecified atom stereocenters. The fourth-order valence-corrected chi connectivity index (χ4v) is 4.10. The predicted molar refractivity (Wildman–Crippen MR) is 103 cm³/mol. The van der Waals surface area contributed by atoms with Gasteiger partial charge < -0.3 is 9.15 Å². The van der Waals surface area contributed by atoms with E-state index in [1.54, 1.807) is 17.4 Å². The molecular weight excluding hydrogens is 348 g/mol. The Hall–Kier alpha value is -2.92. The minimum atomic E-state index is -0.457. The maximum atomic E-state index is 12.4. The molecule has 0 spiro atoms. The molecule has 5 heteroatoms. The van der Waals surface area contributed by atoms with Crippen LogP contribution in [0.5, 0.6) is 0 Å². The maximum absolute atomic E-state index is 12.4. The number of carbonyl (C=O) groups is 1. The number of ether oxygens (including phenoxy) is 1. The summed E-state index contributed by atoms with van der Waals surface area (Å²) in [4.78, 5) is 26.3. The summed E-state index contributed by atoms with van der Waals surface area (Å²) < 4.78 is 10.8. The third kappa shape index (κ3) is 2.91. The zero-order valence-electron chi connectivity index (χ0n) is 14.4. The Kier molecular flexibility index (Phi) is 4.09. The summed E-state index contributed by atoms with van der Waals surface area (Å²) >= 11 is 1.56. The van der Waals surface area contributed by atoms with Crippen molar-refractivity contribution in [3.8, 4) is 0 Å². The number of aryl methyl sites for hydroxylation is 2. The molecule has 2 aromatic heterocycles. The summed E-state index contributed by atoms with van der Waals surface area (Å²) in [5.74, 6) is -0.381. The molecule has 0 fully saturated rings. The Labute approximate surface area is 153 Å². The number of hydrogen-bond donors (Lipinski definition) is 0. The van der Waals surface area contributed by atoms with Gasteiger partial charge in [0.1, 0.15) is 12.2 Å². The summed E-state index contributed by atoms with van der Waals surface area (Å²) in [6, 6.07) is 14.8. The third-order valence-electron chi connectivity index (χ3n) is 4.33. The van der Waals surface area contributed by atoms with Crippen LogP contribution < -0.4 is 5.63 Å². The Morgan fingerprint density at radius 1 is 1.12 bits per heavy atom. The molecule has 26 heavy (non-hydrogen) atoms. The van der Waals surface area contributed by atoms with Crippen LogP contribution in [0.1, 0.15) is 25.7 Å². The number of rotatable bonds is 3. The van der Waals surface area contributed by atoms with Crippen LogP contribution in [-0.2, 0) is 11.3 Å². The largest absolute Gasteiger partial charge is 0.457 e. The van der Waals surface area contributed by atoms with Gasteiger partial charge in [-0.2, -0.15) is 0 Å². The topological polar surface area (TPSA) is 56.5 Å². The Morgan fingerprint density at radius 2 is 1.92 bits per heavy atom. The molecule has 2 aromatic carbocycles. The van der Waals surface area contributed by atoms with Gasteiger partial charge in [0.2, 0.25) is 0 Å². The van der Waals surface area contributed by atoms with Crippen molar-refractivity contribution in [3.63, 3.8) is 0 Å². The smallest absolute Gasteiger partial charge is 0.339 e. The van der Waals surface area contributed by atoms with E-state index < -0.39 is 5.63 Å². The van der Waals surface area contributed by atoms with Crippen molar-refractivity contribution in [3.05, 3.63) is 79.8 Å². The highest BCUT2D eigenvalue weighted by Crippen LogP contribution is 2.28. The highest BCUT2D eigenvalue weighted by atomic mass is 32.1. The van der Waals surface area contributed by atoms with Crippen molar-refractivity contribution < 1.29 is 13.9 Å². The van der Waals surface area contributed by atoms with Gasteiger partial charge in [-0.3, -0.25) is 0 Å². The molecule has 4 rings (SSSR count). The summed E-state index contributed by atoms with van der Waals surface area (Å²) in [6.07, 6.45) is 0. The van der Waals surface area contributed by atoms with Crippen molar-refractivity contribution in [1.29, 1.82) is 0 Å². The van der Waals surface area contributed by atoms with Crippen LogP contribution >= 0.6 is 11.3 Å². The first-order chi connectivity index (χ1) is 12.5. The Bertz CT molecular complexity index is 1200. The number of fused-ring (bicyclic) bond motifs is 3. The molecule has 0 N–H and O–H groups in total. The van der Waals surface area contributed by atoms with Crippen LogP contribution in [0.25, 0.3) is 21.7 Å². The van der Waals surface area contributed by atoms with Crippen LogP contribution in [-0.4, -0.2) is 5.97 Å². The Balaban J connectivity index is 1.76.